The SMILES string of the molecule is CC1CN(C(=O)CCc2ncc(-c3ccc(Cl)cc3)o2)CC(C)O1. The Bertz CT molecular complexity index is 689. The van der Waals surface area contributed by atoms with Crippen molar-refractivity contribution < 1.29 is 13.9 Å². The molecule has 2 aromatic rings. The highest BCUT2D eigenvalue weighted by Gasteiger charge is 2.25. The van der Waals surface area contributed by atoms with Crippen LogP contribution < -0.4 is 0 Å². The normalized spacial score (nSPS) is 21.0. The van der Waals surface area contributed by atoms with Crippen molar-refractivity contribution in [2.45, 2.75) is 38.9 Å². The fraction of sp³-hybridized carbons (Fsp3) is 0.444. The summed E-state index contributed by atoms with van der Waals surface area (Å²) in [6.07, 6.45) is 2.72. The van der Waals surface area contributed by atoms with Gasteiger partial charge < -0.3 is 14.1 Å². The molecule has 2 heterocycles. The van der Waals surface area contributed by atoms with Crippen LogP contribution in [-0.4, -0.2) is 41.1 Å². The fourth-order valence-corrected chi connectivity index (χ4v) is 3.05. The van der Waals surface area contributed by atoms with Gasteiger partial charge in [0.2, 0.25) is 5.91 Å². The Morgan fingerprint density at radius 3 is 2.58 bits per heavy atom. The molecule has 1 aliphatic rings. The summed E-state index contributed by atoms with van der Waals surface area (Å²) >= 11 is 5.89. The molecule has 128 valence electrons. The van der Waals surface area contributed by atoms with Crippen LogP contribution in [0.2, 0.25) is 5.02 Å². The van der Waals surface area contributed by atoms with Gasteiger partial charge in [-0.1, -0.05) is 11.6 Å². The van der Waals surface area contributed by atoms with Gasteiger partial charge in [-0.05, 0) is 38.1 Å². The third kappa shape index (κ3) is 4.16. The molecule has 6 heteroatoms. The van der Waals surface area contributed by atoms with Crippen molar-refractivity contribution in [3.63, 3.8) is 0 Å². The molecule has 1 aromatic carbocycles. The Kier molecular flexibility index (Phi) is 5.21. The second kappa shape index (κ2) is 7.36. The maximum atomic E-state index is 12.4. The Morgan fingerprint density at radius 2 is 1.92 bits per heavy atom. The minimum atomic E-state index is 0.0796. The van der Waals surface area contributed by atoms with E-state index in [1.54, 1.807) is 6.20 Å². The standard InChI is InChI=1S/C18H21ClN2O3/c1-12-10-21(11-13(2)23-12)18(22)8-7-17-20-9-16(24-17)14-3-5-15(19)6-4-14/h3-6,9,12-13H,7-8,10-11H2,1-2H3. The number of benzene rings is 1. The highest BCUT2D eigenvalue weighted by atomic mass is 35.5. The van der Waals surface area contributed by atoms with Crippen LogP contribution in [0.1, 0.15) is 26.2 Å². The summed E-state index contributed by atoms with van der Waals surface area (Å²) in [5.74, 6) is 1.37. The highest BCUT2D eigenvalue weighted by molar-refractivity contribution is 6.30. The number of amides is 1. The fourth-order valence-electron chi connectivity index (χ4n) is 2.93. The lowest BCUT2D eigenvalue weighted by Crippen LogP contribution is -2.48. The lowest BCUT2D eigenvalue weighted by Gasteiger charge is -2.35. The predicted molar refractivity (Wildman–Crippen MR) is 91.9 cm³/mol. The minimum absolute atomic E-state index is 0.0796. The maximum absolute atomic E-state index is 12.4. The number of morpholine rings is 1. The molecule has 0 aliphatic carbocycles. The number of aryl methyl sites for hydroxylation is 1. The summed E-state index contributed by atoms with van der Waals surface area (Å²) < 4.78 is 11.4. The van der Waals surface area contributed by atoms with Gasteiger partial charge >= 0.3 is 0 Å². The largest absolute Gasteiger partial charge is 0.441 e. The molecule has 0 spiro atoms. The molecule has 2 unspecified atom stereocenters. The smallest absolute Gasteiger partial charge is 0.223 e. The predicted octanol–water partition coefficient (Wildman–Crippen LogP) is 3.56. The molecule has 0 bridgehead atoms. The summed E-state index contributed by atoms with van der Waals surface area (Å²) in [4.78, 5) is 18.5. The van der Waals surface area contributed by atoms with Crippen LogP contribution in [0.15, 0.2) is 34.9 Å². The van der Waals surface area contributed by atoms with E-state index < -0.39 is 0 Å². The Morgan fingerprint density at radius 1 is 1.25 bits per heavy atom. The van der Waals surface area contributed by atoms with E-state index in [0.717, 1.165) is 5.56 Å². The van der Waals surface area contributed by atoms with E-state index in [1.807, 2.05) is 43.0 Å². The van der Waals surface area contributed by atoms with E-state index in [4.69, 9.17) is 20.8 Å². The summed E-state index contributed by atoms with van der Waals surface area (Å²) in [7, 11) is 0. The second-order valence-electron chi connectivity index (χ2n) is 6.18. The first-order chi connectivity index (χ1) is 11.5. The van der Waals surface area contributed by atoms with E-state index >= 15 is 0 Å². The number of carbonyl (C=O) groups excluding carboxylic acids is 1. The summed E-state index contributed by atoms with van der Waals surface area (Å²) in [6.45, 7) is 5.26. The van der Waals surface area contributed by atoms with Crippen LogP contribution in [0.25, 0.3) is 11.3 Å². The van der Waals surface area contributed by atoms with Crippen LogP contribution in [0.3, 0.4) is 0 Å². The van der Waals surface area contributed by atoms with Crippen LogP contribution in [0, 0.1) is 0 Å². The Balaban J connectivity index is 1.57. The van der Waals surface area contributed by atoms with Crippen LogP contribution in [0.4, 0.5) is 0 Å². The molecule has 1 aromatic heterocycles. The minimum Gasteiger partial charge on any atom is -0.441 e. The van der Waals surface area contributed by atoms with Crippen molar-refractivity contribution >= 4 is 17.5 Å². The maximum Gasteiger partial charge on any atom is 0.223 e. The van der Waals surface area contributed by atoms with Gasteiger partial charge in [0.25, 0.3) is 0 Å². The number of hydrogen-bond acceptors (Lipinski definition) is 4. The van der Waals surface area contributed by atoms with Crippen molar-refractivity contribution in [3.05, 3.63) is 41.4 Å². The zero-order valence-corrected chi connectivity index (χ0v) is 14.6. The van der Waals surface area contributed by atoms with Gasteiger partial charge in [-0.25, -0.2) is 4.98 Å². The molecule has 3 rings (SSSR count). The van der Waals surface area contributed by atoms with Crippen molar-refractivity contribution in [3.8, 4) is 11.3 Å². The molecular weight excluding hydrogens is 328 g/mol. The first-order valence-corrected chi connectivity index (χ1v) is 8.53. The van der Waals surface area contributed by atoms with Gasteiger partial charge in [-0.3, -0.25) is 4.79 Å². The summed E-state index contributed by atoms with van der Waals surface area (Å²) in [5, 5.41) is 0.679. The average molecular weight is 349 g/mol. The zero-order chi connectivity index (χ0) is 17.1. The quantitative estimate of drug-likeness (QED) is 0.847. The highest BCUT2D eigenvalue weighted by Crippen LogP contribution is 2.23. The van der Waals surface area contributed by atoms with Gasteiger partial charge in [0.05, 0.1) is 18.4 Å². The van der Waals surface area contributed by atoms with Gasteiger partial charge in [0, 0.05) is 36.5 Å². The van der Waals surface area contributed by atoms with E-state index in [1.165, 1.54) is 0 Å². The molecule has 0 saturated carbocycles. The molecule has 5 nitrogen and oxygen atoms in total. The molecule has 24 heavy (non-hydrogen) atoms. The van der Waals surface area contributed by atoms with Gasteiger partial charge in [-0.15, -0.1) is 0 Å². The lowest BCUT2D eigenvalue weighted by molar-refractivity contribution is -0.143. The van der Waals surface area contributed by atoms with Crippen LogP contribution in [0.5, 0.6) is 0 Å². The van der Waals surface area contributed by atoms with E-state index in [-0.39, 0.29) is 18.1 Å². The topological polar surface area (TPSA) is 55.6 Å². The number of nitrogens with zero attached hydrogens (tertiary/aromatic N) is 2. The molecule has 1 amide bonds. The van der Waals surface area contributed by atoms with E-state index in [2.05, 4.69) is 4.98 Å². The Labute approximate surface area is 146 Å². The van der Waals surface area contributed by atoms with E-state index in [0.29, 0.717) is 42.6 Å². The molecule has 2 atom stereocenters. The second-order valence-corrected chi connectivity index (χ2v) is 6.62. The molecule has 1 fully saturated rings. The molecule has 1 saturated heterocycles. The monoisotopic (exact) mass is 348 g/mol. The third-order valence-corrected chi connectivity index (χ3v) is 4.26. The first kappa shape index (κ1) is 17.0. The van der Waals surface area contributed by atoms with Crippen LogP contribution in [-0.2, 0) is 16.0 Å². The van der Waals surface area contributed by atoms with Crippen molar-refractivity contribution in [2.75, 3.05) is 13.1 Å². The number of halogens is 1. The van der Waals surface area contributed by atoms with Crippen molar-refractivity contribution in [1.29, 1.82) is 0 Å². The first-order valence-electron chi connectivity index (χ1n) is 8.15. The number of carbonyl (C=O) groups is 1. The number of oxazole rings is 1. The van der Waals surface area contributed by atoms with Crippen molar-refractivity contribution in [1.82, 2.24) is 9.88 Å². The number of aromatic nitrogens is 1. The van der Waals surface area contributed by atoms with Gasteiger partial charge in [0.15, 0.2) is 11.7 Å². The summed E-state index contributed by atoms with van der Waals surface area (Å²) in [6, 6.07) is 7.38. The third-order valence-electron chi connectivity index (χ3n) is 4.01. The van der Waals surface area contributed by atoms with Crippen molar-refractivity contribution in [2.24, 2.45) is 0 Å². The molecule has 1 aliphatic heterocycles. The average Bonchev–Trinajstić information content (AvgIpc) is 3.01. The van der Waals surface area contributed by atoms with Crippen LogP contribution >= 0.6 is 11.6 Å². The van der Waals surface area contributed by atoms with Gasteiger partial charge in [-0.2, -0.15) is 0 Å². The number of rotatable bonds is 4. The summed E-state index contributed by atoms with van der Waals surface area (Å²) in [5.41, 5.74) is 0.917. The molecule has 0 N–H and O–H groups in total. The number of hydrogen-bond donors (Lipinski definition) is 0. The van der Waals surface area contributed by atoms with Gasteiger partial charge in [0.1, 0.15) is 0 Å². The number of ether oxygens (including phenoxy) is 1. The molecular formula is C18H21ClN2O3. The lowest BCUT2D eigenvalue weighted by atomic mass is 10.2. The zero-order valence-electron chi connectivity index (χ0n) is 13.9. The Hall–Kier alpha value is -1.85. The molecule has 0 radical (unpaired) electrons. The van der Waals surface area contributed by atoms with E-state index in [9.17, 15) is 4.79 Å².